The van der Waals surface area contributed by atoms with Gasteiger partial charge in [0.25, 0.3) is 0 Å². The van der Waals surface area contributed by atoms with Gasteiger partial charge < -0.3 is 11.1 Å². The van der Waals surface area contributed by atoms with Crippen molar-refractivity contribution in [2.75, 3.05) is 5.32 Å². The summed E-state index contributed by atoms with van der Waals surface area (Å²) >= 11 is 5.81. The van der Waals surface area contributed by atoms with Crippen LogP contribution in [0.3, 0.4) is 0 Å². The van der Waals surface area contributed by atoms with Crippen molar-refractivity contribution in [1.82, 2.24) is 0 Å². The monoisotopic (exact) mass is 224 g/mol. The molecule has 0 aliphatic heterocycles. The van der Waals surface area contributed by atoms with Gasteiger partial charge in [0, 0.05) is 10.7 Å². The minimum Gasteiger partial charge on any atom is -0.370 e. The average Bonchev–Trinajstić information content (AvgIpc) is 2.13. The molecular weight excluding hydrogens is 212 g/mol. The molecule has 1 rings (SSSR count). The molecule has 0 fully saturated rings. The summed E-state index contributed by atoms with van der Waals surface area (Å²) in [5.74, 6) is -0.456. The molecule has 1 aromatic rings. The van der Waals surface area contributed by atoms with Gasteiger partial charge in [0.05, 0.1) is 0 Å². The lowest BCUT2D eigenvalue weighted by atomic mass is 10.1. The molecule has 0 saturated heterocycles. The van der Waals surface area contributed by atoms with Crippen LogP contribution in [0.15, 0.2) is 36.4 Å². The van der Waals surface area contributed by atoms with Crippen molar-refractivity contribution in [1.29, 1.82) is 0 Å². The van der Waals surface area contributed by atoms with Crippen LogP contribution in [0, 0.1) is 0 Å². The number of nitrogens with one attached hydrogen (secondary N) is 1. The number of nitrogens with two attached hydrogens (primary N) is 1. The predicted octanol–water partition coefficient (Wildman–Crippen LogP) is 2.18. The summed E-state index contributed by atoms with van der Waals surface area (Å²) in [5, 5.41) is 3.56. The number of hydrogen-bond acceptors (Lipinski definition) is 2. The number of primary amides is 1. The summed E-state index contributed by atoms with van der Waals surface area (Å²) in [6, 6.07) is 6.52. The Bertz CT molecular complexity index is 376. The summed E-state index contributed by atoms with van der Waals surface area (Å²) in [5.41, 5.74) is 6.64. The molecule has 0 bridgehead atoms. The molecule has 80 valence electrons. The Kier molecular flexibility index (Phi) is 3.74. The molecule has 15 heavy (non-hydrogen) atoms. The predicted molar refractivity (Wildman–Crippen MR) is 62.9 cm³/mol. The number of benzene rings is 1. The molecule has 1 aromatic carbocycles. The molecule has 0 aliphatic carbocycles. The van der Waals surface area contributed by atoms with Crippen molar-refractivity contribution < 1.29 is 4.79 Å². The lowest BCUT2D eigenvalue weighted by Gasteiger charge is -2.16. The van der Waals surface area contributed by atoms with E-state index < -0.39 is 11.9 Å². The highest BCUT2D eigenvalue weighted by Crippen LogP contribution is 2.17. The third-order valence-electron chi connectivity index (χ3n) is 1.91. The average molecular weight is 225 g/mol. The maximum absolute atomic E-state index is 11.1. The van der Waals surface area contributed by atoms with E-state index in [0.717, 1.165) is 5.69 Å². The van der Waals surface area contributed by atoms with Crippen molar-refractivity contribution in [3.63, 3.8) is 0 Å². The van der Waals surface area contributed by atoms with Gasteiger partial charge in [-0.05, 0) is 30.7 Å². The molecule has 0 spiro atoms. The molecule has 1 unspecified atom stereocenters. The normalized spacial score (nSPS) is 11.9. The van der Waals surface area contributed by atoms with Gasteiger partial charge in [0.2, 0.25) is 5.91 Å². The first kappa shape index (κ1) is 11.6. The zero-order valence-corrected chi connectivity index (χ0v) is 9.21. The SMILES string of the molecule is C=C(C)C(Nc1cccc(Cl)c1)C(N)=O. The molecule has 1 atom stereocenters. The maximum atomic E-state index is 11.1. The zero-order chi connectivity index (χ0) is 11.4. The number of rotatable bonds is 4. The second-order valence-corrected chi connectivity index (χ2v) is 3.77. The van der Waals surface area contributed by atoms with Crippen LogP contribution in [0.5, 0.6) is 0 Å². The largest absolute Gasteiger partial charge is 0.370 e. The summed E-state index contributed by atoms with van der Waals surface area (Å²) < 4.78 is 0. The molecule has 4 heteroatoms. The summed E-state index contributed by atoms with van der Waals surface area (Å²) in [6.07, 6.45) is 0. The molecule has 3 N–H and O–H groups in total. The van der Waals surface area contributed by atoms with E-state index in [1.807, 2.05) is 6.07 Å². The third-order valence-corrected chi connectivity index (χ3v) is 2.15. The molecule has 1 amide bonds. The molecule has 0 aromatic heterocycles. The van der Waals surface area contributed by atoms with Gasteiger partial charge in [-0.25, -0.2) is 0 Å². The van der Waals surface area contributed by atoms with Gasteiger partial charge in [-0.1, -0.05) is 24.2 Å². The fraction of sp³-hybridized carbons (Fsp3) is 0.182. The van der Waals surface area contributed by atoms with Crippen LogP contribution < -0.4 is 11.1 Å². The van der Waals surface area contributed by atoms with Gasteiger partial charge in [0.15, 0.2) is 0 Å². The first-order valence-electron chi connectivity index (χ1n) is 4.47. The lowest BCUT2D eigenvalue weighted by Crippen LogP contribution is -2.36. The Labute approximate surface area is 93.9 Å². The van der Waals surface area contributed by atoms with E-state index in [0.29, 0.717) is 10.6 Å². The van der Waals surface area contributed by atoms with Crippen molar-refractivity contribution >= 4 is 23.2 Å². The van der Waals surface area contributed by atoms with Crippen LogP contribution in [-0.2, 0) is 4.79 Å². The van der Waals surface area contributed by atoms with Crippen LogP contribution in [0.25, 0.3) is 0 Å². The number of hydrogen-bond donors (Lipinski definition) is 2. The minimum absolute atomic E-state index is 0.456. The van der Waals surface area contributed by atoms with E-state index in [2.05, 4.69) is 11.9 Å². The van der Waals surface area contributed by atoms with Crippen molar-refractivity contribution in [2.45, 2.75) is 13.0 Å². The van der Waals surface area contributed by atoms with Gasteiger partial charge in [0.1, 0.15) is 6.04 Å². The number of halogens is 1. The lowest BCUT2D eigenvalue weighted by molar-refractivity contribution is -0.118. The second-order valence-electron chi connectivity index (χ2n) is 3.34. The Morgan fingerprint density at radius 1 is 1.60 bits per heavy atom. The molecule has 0 heterocycles. The molecular formula is C11H13ClN2O. The van der Waals surface area contributed by atoms with E-state index >= 15 is 0 Å². The molecule has 0 saturated carbocycles. The molecule has 0 aliphatic rings. The van der Waals surface area contributed by atoms with E-state index in [1.54, 1.807) is 25.1 Å². The smallest absolute Gasteiger partial charge is 0.244 e. The highest BCUT2D eigenvalue weighted by atomic mass is 35.5. The fourth-order valence-electron chi connectivity index (χ4n) is 1.18. The number of anilines is 1. The van der Waals surface area contributed by atoms with Crippen molar-refractivity contribution in [3.8, 4) is 0 Å². The Morgan fingerprint density at radius 3 is 2.73 bits per heavy atom. The first-order valence-corrected chi connectivity index (χ1v) is 4.85. The standard InChI is InChI=1S/C11H13ClN2O/c1-7(2)10(11(13)15)14-9-5-3-4-8(12)6-9/h3-6,10,14H,1H2,2H3,(H2,13,15). The van der Waals surface area contributed by atoms with E-state index in [1.165, 1.54) is 0 Å². The number of amides is 1. The van der Waals surface area contributed by atoms with Gasteiger partial charge in [-0.2, -0.15) is 0 Å². The summed E-state index contributed by atoms with van der Waals surface area (Å²) in [7, 11) is 0. The van der Waals surface area contributed by atoms with Gasteiger partial charge >= 0.3 is 0 Å². The van der Waals surface area contributed by atoms with Crippen LogP contribution in [0.4, 0.5) is 5.69 Å². The quantitative estimate of drug-likeness (QED) is 0.771. The summed E-state index contributed by atoms with van der Waals surface area (Å²) in [4.78, 5) is 11.1. The Balaban J connectivity index is 2.83. The highest BCUT2D eigenvalue weighted by molar-refractivity contribution is 6.30. The van der Waals surface area contributed by atoms with Crippen LogP contribution >= 0.6 is 11.6 Å². The zero-order valence-electron chi connectivity index (χ0n) is 8.46. The van der Waals surface area contributed by atoms with E-state index in [4.69, 9.17) is 17.3 Å². The fourth-order valence-corrected chi connectivity index (χ4v) is 1.37. The van der Waals surface area contributed by atoms with Crippen LogP contribution in [0.2, 0.25) is 5.02 Å². The topological polar surface area (TPSA) is 55.1 Å². The molecule has 3 nitrogen and oxygen atoms in total. The highest BCUT2D eigenvalue weighted by Gasteiger charge is 2.15. The van der Waals surface area contributed by atoms with Gasteiger partial charge in [-0.15, -0.1) is 0 Å². The minimum atomic E-state index is -0.566. The third kappa shape index (κ3) is 3.29. The second kappa shape index (κ2) is 4.84. The van der Waals surface area contributed by atoms with E-state index in [-0.39, 0.29) is 0 Å². The van der Waals surface area contributed by atoms with Crippen molar-refractivity contribution in [3.05, 3.63) is 41.4 Å². The molecule has 0 radical (unpaired) electrons. The number of carbonyl (C=O) groups excluding carboxylic acids is 1. The van der Waals surface area contributed by atoms with Crippen LogP contribution in [0.1, 0.15) is 6.92 Å². The Morgan fingerprint density at radius 2 is 2.27 bits per heavy atom. The van der Waals surface area contributed by atoms with Crippen molar-refractivity contribution in [2.24, 2.45) is 5.73 Å². The Hall–Kier alpha value is -1.48. The summed E-state index contributed by atoms with van der Waals surface area (Å²) in [6.45, 7) is 5.44. The van der Waals surface area contributed by atoms with E-state index in [9.17, 15) is 4.79 Å². The van der Waals surface area contributed by atoms with Gasteiger partial charge in [-0.3, -0.25) is 4.79 Å². The number of carbonyl (C=O) groups is 1. The maximum Gasteiger partial charge on any atom is 0.244 e. The van der Waals surface area contributed by atoms with Crippen LogP contribution in [-0.4, -0.2) is 11.9 Å². The first-order chi connectivity index (χ1) is 7.00.